The molecule has 0 aliphatic carbocycles. The van der Waals surface area contributed by atoms with Gasteiger partial charge in [-0.3, -0.25) is 9.59 Å². The van der Waals surface area contributed by atoms with E-state index in [0.717, 1.165) is 0 Å². The number of rotatable bonds is 4. The van der Waals surface area contributed by atoms with Crippen molar-refractivity contribution in [1.82, 2.24) is 15.5 Å². The Balaban J connectivity index is 1.75. The lowest BCUT2D eigenvalue weighted by molar-refractivity contribution is -0.131. The third-order valence-corrected chi connectivity index (χ3v) is 4.08. The first kappa shape index (κ1) is 20.7. The zero-order valence-electron chi connectivity index (χ0n) is 15.9. The van der Waals surface area contributed by atoms with E-state index in [1.807, 2.05) is 0 Å². The van der Waals surface area contributed by atoms with Crippen LogP contribution in [0.15, 0.2) is 24.3 Å². The van der Waals surface area contributed by atoms with Crippen LogP contribution < -0.4 is 10.6 Å². The number of benzene rings is 1. The number of amides is 3. The van der Waals surface area contributed by atoms with Gasteiger partial charge in [0.15, 0.2) is 0 Å². The average molecular weight is 379 g/mol. The topological polar surface area (TPSA) is 87.7 Å². The molecule has 1 fully saturated rings. The summed E-state index contributed by atoms with van der Waals surface area (Å²) in [6.07, 6.45) is 0.499. The van der Waals surface area contributed by atoms with Gasteiger partial charge in [0, 0.05) is 19.1 Å². The highest BCUT2D eigenvalue weighted by Gasteiger charge is 2.25. The molecular formula is C19H26FN3O4. The van der Waals surface area contributed by atoms with Crippen molar-refractivity contribution in [3.05, 3.63) is 35.6 Å². The molecule has 0 saturated carbocycles. The predicted molar refractivity (Wildman–Crippen MR) is 97.7 cm³/mol. The van der Waals surface area contributed by atoms with E-state index < -0.39 is 23.4 Å². The number of likely N-dealkylation sites (tertiary alicyclic amines) is 1. The summed E-state index contributed by atoms with van der Waals surface area (Å²) in [6, 6.07) is 5.69. The van der Waals surface area contributed by atoms with Gasteiger partial charge >= 0.3 is 6.09 Å². The fraction of sp³-hybridized carbons (Fsp3) is 0.526. The van der Waals surface area contributed by atoms with Crippen LogP contribution >= 0.6 is 0 Å². The van der Waals surface area contributed by atoms with Gasteiger partial charge in [-0.05, 0) is 45.7 Å². The van der Waals surface area contributed by atoms with Crippen LogP contribution in [0.5, 0.6) is 0 Å². The van der Waals surface area contributed by atoms with Crippen molar-refractivity contribution in [3.8, 4) is 0 Å². The molecule has 0 bridgehead atoms. The van der Waals surface area contributed by atoms with E-state index in [2.05, 4.69) is 10.6 Å². The van der Waals surface area contributed by atoms with Crippen molar-refractivity contribution in [2.45, 2.75) is 45.3 Å². The lowest BCUT2D eigenvalue weighted by atomic mass is 10.0. The molecule has 0 aromatic heterocycles. The van der Waals surface area contributed by atoms with Crippen molar-refractivity contribution in [2.75, 3.05) is 19.6 Å². The molecule has 0 atom stereocenters. The van der Waals surface area contributed by atoms with E-state index >= 15 is 0 Å². The van der Waals surface area contributed by atoms with Crippen LogP contribution in [-0.4, -0.2) is 54.1 Å². The van der Waals surface area contributed by atoms with E-state index in [-0.39, 0.29) is 24.1 Å². The molecule has 1 heterocycles. The number of hydrogen-bond acceptors (Lipinski definition) is 4. The number of halogens is 1. The van der Waals surface area contributed by atoms with Crippen LogP contribution in [0.3, 0.4) is 0 Å². The van der Waals surface area contributed by atoms with Gasteiger partial charge in [-0.1, -0.05) is 12.1 Å². The lowest BCUT2D eigenvalue weighted by Gasteiger charge is -2.32. The molecule has 8 heteroatoms. The molecule has 1 aliphatic heterocycles. The molecule has 7 nitrogen and oxygen atoms in total. The molecule has 0 unspecified atom stereocenters. The van der Waals surface area contributed by atoms with Crippen LogP contribution in [-0.2, 0) is 9.53 Å². The molecule has 0 radical (unpaired) electrons. The zero-order valence-corrected chi connectivity index (χ0v) is 15.9. The lowest BCUT2D eigenvalue weighted by Crippen LogP contribution is -2.49. The smallest absolute Gasteiger partial charge is 0.408 e. The van der Waals surface area contributed by atoms with Gasteiger partial charge < -0.3 is 20.3 Å². The Morgan fingerprint density at radius 1 is 1.19 bits per heavy atom. The molecule has 3 amide bonds. The Kier molecular flexibility index (Phi) is 6.76. The maximum Gasteiger partial charge on any atom is 0.408 e. The number of carbonyl (C=O) groups excluding carboxylic acids is 3. The summed E-state index contributed by atoms with van der Waals surface area (Å²) in [5, 5.41) is 5.25. The van der Waals surface area contributed by atoms with Crippen LogP contribution in [0, 0.1) is 5.82 Å². The van der Waals surface area contributed by atoms with Gasteiger partial charge in [-0.15, -0.1) is 0 Å². The summed E-state index contributed by atoms with van der Waals surface area (Å²) in [4.78, 5) is 37.6. The molecule has 0 spiro atoms. The largest absolute Gasteiger partial charge is 0.444 e. The molecular weight excluding hydrogens is 353 g/mol. The molecule has 148 valence electrons. The second-order valence-corrected chi connectivity index (χ2v) is 7.46. The Morgan fingerprint density at radius 3 is 2.41 bits per heavy atom. The summed E-state index contributed by atoms with van der Waals surface area (Å²) >= 11 is 0. The van der Waals surface area contributed by atoms with Crippen molar-refractivity contribution in [2.24, 2.45) is 0 Å². The van der Waals surface area contributed by atoms with Crippen LogP contribution in [0.4, 0.5) is 9.18 Å². The van der Waals surface area contributed by atoms with E-state index in [0.29, 0.717) is 25.9 Å². The Morgan fingerprint density at radius 2 is 1.81 bits per heavy atom. The maximum absolute atomic E-state index is 13.7. The van der Waals surface area contributed by atoms with E-state index in [1.165, 1.54) is 18.2 Å². The monoisotopic (exact) mass is 379 g/mol. The van der Waals surface area contributed by atoms with Crippen LogP contribution in [0.25, 0.3) is 0 Å². The number of carbonyl (C=O) groups is 3. The van der Waals surface area contributed by atoms with Gasteiger partial charge in [0.25, 0.3) is 5.91 Å². The highest BCUT2D eigenvalue weighted by Crippen LogP contribution is 2.13. The fourth-order valence-electron chi connectivity index (χ4n) is 2.76. The number of ether oxygens (including phenoxy) is 1. The second kappa shape index (κ2) is 8.83. The molecule has 27 heavy (non-hydrogen) atoms. The van der Waals surface area contributed by atoms with Gasteiger partial charge in [0.2, 0.25) is 5.91 Å². The Labute approximate surface area is 158 Å². The highest BCUT2D eigenvalue weighted by molar-refractivity contribution is 5.94. The minimum atomic E-state index is -0.636. The Bertz CT molecular complexity index is 694. The molecule has 2 N–H and O–H groups in total. The van der Waals surface area contributed by atoms with Crippen molar-refractivity contribution in [3.63, 3.8) is 0 Å². The number of alkyl carbamates (subject to hydrolysis) is 1. The van der Waals surface area contributed by atoms with Crippen LogP contribution in [0.1, 0.15) is 44.0 Å². The van der Waals surface area contributed by atoms with Crippen molar-refractivity contribution >= 4 is 17.9 Å². The van der Waals surface area contributed by atoms with Crippen LogP contribution in [0.2, 0.25) is 0 Å². The van der Waals surface area contributed by atoms with Gasteiger partial charge in [0.1, 0.15) is 18.0 Å². The minimum Gasteiger partial charge on any atom is -0.444 e. The van der Waals surface area contributed by atoms with Gasteiger partial charge in [-0.25, -0.2) is 9.18 Å². The summed E-state index contributed by atoms with van der Waals surface area (Å²) < 4.78 is 18.7. The maximum atomic E-state index is 13.7. The summed E-state index contributed by atoms with van der Waals surface area (Å²) in [6.45, 7) is 6.01. The fourth-order valence-corrected chi connectivity index (χ4v) is 2.76. The SMILES string of the molecule is CC(C)(C)OC(=O)NCC(=O)N1CCC(NC(=O)c2ccccc2F)CC1. The summed E-state index contributed by atoms with van der Waals surface area (Å²) in [7, 11) is 0. The summed E-state index contributed by atoms with van der Waals surface area (Å²) in [5.74, 6) is -1.22. The second-order valence-electron chi connectivity index (χ2n) is 7.46. The first-order chi connectivity index (χ1) is 12.7. The molecule has 2 rings (SSSR count). The molecule has 1 aliphatic rings. The average Bonchev–Trinajstić information content (AvgIpc) is 2.59. The third-order valence-electron chi connectivity index (χ3n) is 4.08. The number of nitrogens with zero attached hydrogens (tertiary/aromatic N) is 1. The van der Waals surface area contributed by atoms with Crippen molar-refractivity contribution < 1.29 is 23.5 Å². The first-order valence-electron chi connectivity index (χ1n) is 8.96. The third kappa shape index (κ3) is 6.54. The quantitative estimate of drug-likeness (QED) is 0.838. The summed E-state index contributed by atoms with van der Waals surface area (Å²) in [5.41, 5.74) is -0.611. The highest BCUT2D eigenvalue weighted by atomic mass is 19.1. The number of nitrogens with one attached hydrogen (secondary N) is 2. The van der Waals surface area contributed by atoms with Crippen molar-refractivity contribution in [1.29, 1.82) is 0 Å². The van der Waals surface area contributed by atoms with Gasteiger partial charge in [-0.2, -0.15) is 0 Å². The predicted octanol–water partition coefficient (Wildman–Crippen LogP) is 2.07. The number of hydrogen-bond donors (Lipinski definition) is 2. The van der Waals surface area contributed by atoms with Gasteiger partial charge in [0.05, 0.1) is 5.56 Å². The molecule has 1 aromatic rings. The normalized spacial score (nSPS) is 15.2. The zero-order chi connectivity index (χ0) is 20.0. The van der Waals surface area contributed by atoms with E-state index in [1.54, 1.807) is 31.7 Å². The standard InChI is InChI=1S/C19H26FN3O4/c1-19(2,3)27-18(26)21-12-16(24)23-10-8-13(9-11-23)22-17(25)14-6-4-5-7-15(14)20/h4-7,13H,8-12H2,1-3H3,(H,21,26)(H,22,25). The minimum absolute atomic E-state index is 0.0116. The first-order valence-corrected chi connectivity index (χ1v) is 8.96. The van der Waals surface area contributed by atoms with E-state index in [4.69, 9.17) is 4.74 Å². The Hall–Kier alpha value is -2.64. The molecule has 1 aromatic carbocycles. The van der Waals surface area contributed by atoms with E-state index in [9.17, 15) is 18.8 Å². The number of piperidine rings is 1. The molecule has 1 saturated heterocycles.